The maximum absolute atomic E-state index is 10.7. The lowest BCUT2D eigenvalue weighted by molar-refractivity contribution is -0.128. The van der Waals surface area contributed by atoms with E-state index >= 15 is 0 Å². The Morgan fingerprint density at radius 1 is 1.82 bits per heavy atom. The summed E-state index contributed by atoms with van der Waals surface area (Å²) in [4.78, 5) is 16.2. The van der Waals surface area contributed by atoms with Gasteiger partial charge in [-0.15, -0.1) is 0 Å². The van der Waals surface area contributed by atoms with E-state index in [2.05, 4.69) is 4.98 Å². The fraction of sp³-hybridized carbons (Fsp3) is 0.429. The molecule has 0 aliphatic heterocycles. The van der Waals surface area contributed by atoms with E-state index in [0.717, 1.165) is 5.69 Å². The van der Waals surface area contributed by atoms with Crippen molar-refractivity contribution < 1.29 is 9.21 Å². The molecule has 1 rings (SSSR count). The number of nitrogens with zero attached hydrogens (tertiary/aromatic N) is 2. The SMILES string of the molecule is CC(=O)N(C)Cc1cocn1. The second-order valence-corrected chi connectivity index (χ2v) is 2.35. The summed E-state index contributed by atoms with van der Waals surface area (Å²) in [5.41, 5.74) is 0.766. The molecule has 1 aromatic heterocycles. The molecule has 0 aliphatic carbocycles. The van der Waals surface area contributed by atoms with Crippen molar-refractivity contribution in [2.75, 3.05) is 7.05 Å². The third-order valence-corrected chi connectivity index (χ3v) is 1.42. The predicted molar refractivity (Wildman–Crippen MR) is 38.7 cm³/mol. The number of oxazole rings is 1. The zero-order chi connectivity index (χ0) is 8.27. The highest BCUT2D eigenvalue weighted by Crippen LogP contribution is 1.98. The van der Waals surface area contributed by atoms with Crippen molar-refractivity contribution in [3.8, 4) is 0 Å². The molecule has 4 heteroatoms. The molecule has 0 unspecified atom stereocenters. The Bertz CT molecular complexity index is 231. The summed E-state index contributed by atoms with van der Waals surface area (Å²) in [5, 5.41) is 0. The van der Waals surface area contributed by atoms with Crippen molar-refractivity contribution in [3.05, 3.63) is 18.4 Å². The van der Waals surface area contributed by atoms with Crippen molar-refractivity contribution in [1.82, 2.24) is 9.88 Å². The molecule has 0 atom stereocenters. The van der Waals surface area contributed by atoms with Crippen LogP contribution in [0.3, 0.4) is 0 Å². The molecule has 0 bridgehead atoms. The number of aromatic nitrogens is 1. The maximum atomic E-state index is 10.7. The highest BCUT2D eigenvalue weighted by molar-refractivity contribution is 5.72. The highest BCUT2D eigenvalue weighted by Gasteiger charge is 2.04. The average molecular weight is 154 g/mol. The number of hydrogen-bond donors (Lipinski definition) is 0. The molecule has 0 aromatic carbocycles. The topological polar surface area (TPSA) is 46.3 Å². The number of carbonyl (C=O) groups excluding carboxylic acids is 1. The smallest absolute Gasteiger partial charge is 0.219 e. The van der Waals surface area contributed by atoms with E-state index in [9.17, 15) is 4.79 Å². The lowest BCUT2D eigenvalue weighted by atomic mass is 10.4. The van der Waals surface area contributed by atoms with E-state index in [1.807, 2.05) is 0 Å². The number of rotatable bonds is 2. The quantitative estimate of drug-likeness (QED) is 0.628. The fourth-order valence-electron chi connectivity index (χ4n) is 0.670. The Labute approximate surface area is 64.8 Å². The van der Waals surface area contributed by atoms with E-state index in [-0.39, 0.29) is 5.91 Å². The molecule has 0 saturated carbocycles. The van der Waals surface area contributed by atoms with E-state index in [0.29, 0.717) is 6.54 Å². The van der Waals surface area contributed by atoms with Crippen LogP contribution in [0.5, 0.6) is 0 Å². The Hall–Kier alpha value is -1.32. The van der Waals surface area contributed by atoms with Crippen molar-refractivity contribution >= 4 is 5.91 Å². The fourth-order valence-corrected chi connectivity index (χ4v) is 0.670. The molecule has 0 spiro atoms. The van der Waals surface area contributed by atoms with Crippen molar-refractivity contribution in [2.45, 2.75) is 13.5 Å². The monoisotopic (exact) mass is 154 g/mol. The summed E-state index contributed by atoms with van der Waals surface area (Å²) in [5.74, 6) is 0.0213. The van der Waals surface area contributed by atoms with Gasteiger partial charge in [0.15, 0.2) is 6.39 Å². The van der Waals surface area contributed by atoms with Gasteiger partial charge in [0.25, 0.3) is 0 Å². The van der Waals surface area contributed by atoms with Gasteiger partial charge in [0.05, 0.1) is 12.2 Å². The van der Waals surface area contributed by atoms with Crippen LogP contribution in [0.25, 0.3) is 0 Å². The molecule has 1 heterocycles. The Kier molecular flexibility index (Phi) is 2.25. The van der Waals surface area contributed by atoms with Crippen LogP contribution in [-0.2, 0) is 11.3 Å². The molecule has 0 fully saturated rings. The van der Waals surface area contributed by atoms with Crippen LogP contribution in [0.4, 0.5) is 0 Å². The summed E-state index contributed by atoms with van der Waals surface area (Å²) in [6.45, 7) is 2.02. The minimum atomic E-state index is 0.0213. The van der Waals surface area contributed by atoms with Gasteiger partial charge in [0.2, 0.25) is 5.91 Å². The van der Waals surface area contributed by atoms with Crippen molar-refractivity contribution in [3.63, 3.8) is 0 Å². The number of carbonyl (C=O) groups is 1. The molecule has 1 aromatic rings. The summed E-state index contributed by atoms with van der Waals surface area (Å²) in [7, 11) is 1.72. The Morgan fingerprint density at radius 3 is 3.00 bits per heavy atom. The first kappa shape index (κ1) is 7.78. The van der Waals surface area contributed by atoms with E-state index in [1.54, 1.807) is 11.9 Å². The van der Waals surface area contributed by atoms with Gasteiger partial charge < -0.3 is 9.32 Å². The normalized spacial score (nSPS) is 9.64. The van der Waals surface area contributed by atoms with Gasteiger partial charge in [-0.25, -0.2) is 4.98 Å². The molecular formula is C7H10N2O2. The highest BCUT2D eigenvalue weighted by atomic mass is 16.3. The maximum Gasteiger partial charge on any atom is 0.219 e. The molecule has 0 N–H and O–H groups in total. The molecule has 4 nitrogen and oxygen atoms in total. The van der Waals surface area contributed by atoms with Crippen LogP contribution < -0.4 is 0 Å². The van der Waals surface area contributed by atoms with Crippen molar-refractivity contribution in [1.29, 1.82) is 0 Å². The molecule has 1 amide bonds. The number of hydrogen-bond acceptors (Lipinski definition) is 3. The van der Waals surface area contributed by atoms with Crippen LogP contribution in [0, 0.1) is 0 Å². The lowest BCUT2D eigenvalue weighted by Crippen LogP contribution is -2.23. The first-order chi connectivity index (χ1) is 5.20. The second kappa shape index (κ2) is 3.18. The van der Waals surface area contributed by atoms with Gasteiger partial charge in [-0.05, 0) is 0 Å². The third-order valence-electron chi connectivity index (χ3n) is 1.42. The van der Waals surface area contributed by atoms with Gasteiger partial charge in [-0.1, -0.05) is 0 Å². The van der Waals surface area contributed by atoms with Crippen LogP contribution >= 0.6 is 0 Å². The van der Waals surface area contributed by atoms with E-state index in [1.165, 1.54) is 19.6 Å². The first-order valence-corrected chi connectivity index (χ1v) is 3.29. The predicted octanol–water partition coefficient (Wildman–Crippen LogP) is 0.653. The average Bonchev–Trinajstić information content (AvgIpc) is 2.39. The summed E-state index contributed by atoms with van der Waals surface area (Å²) < 4.78 is 4.75. The standard InChI is InChI=1S/C7H10N2O2/c1-6(10)9(2)3-7-4-11-5-8-7/h4-5H,3H2,1-2H3. The lowest BCUT2D eigenvalue weighted by Gasteiger charge is -2.11. The van der Waals surface area contributed by atoms with E-state index < -0.39 is 0 Å². The van der Waals surface area contributed by atoms with Crippen molar-refractivity contribution in [2.24, 2.45) is 0 Å². The van der Waals surface area contributed by atoms with Crippen LogP contribution in [0.2, 0.25) is 0 Å². The van der Waals surface area contributed by atoms with Crippen LogP contribution in [0.15, 0.2) is 17.1 Å². The van der Waals surface area contributed by atoms with E-state index in [4.69, 9.17) is 4.42 Å². The molecule has 0 aliphatic rings. The summed E-state index contributed by atoms with van der Waals surface area (Å²) in [6.07, 6.45) is 2.88. The molecular weight excluding hydrogens is 144 g/mol. The first-order valence-electron chi connectivity index (χ1n) is 3.29. The minimum Gasteiger partial charge on any atom is -0.451 e. The van der Waals surface area contributed by atoms with Gasteiger partial charge in [-0.2, -0.15) is 0 Å². The largest absolute Gasteiger partial charge is 0.451 e. The summed E-state index contributed by atoms with van der Waals surface area (Å²) >= 11 is 0. The molecule has 60 valence electrons. The molecule has 0 saturated heterocycles. The zero-order valence-electron chi connectivity index (χ0n) is 6.57. The molecule has 0 radical (unpaired) electrons. The van der Waals surface area contributed by atoms with Crippen LogP contribution in [-0.4, -0.2) is 22.8 Å². The van der Waals surface area contributed by atoms with Gasteiger partial charge in [0.1, 0.15) is 6.26 Å². The van der Waals surface area contributed by atoms with Gasteiger partial charge in [0, 0.05) is 14.0 Å². The Morgan fingerprint density at radius 2 is 2.55 bits per heavy atom. The van der Waals surface area contributed by atoms with Gasteiger partial charge >= 0.3 is 0 Å². The van der Waals surface area contributed by atoms with Crippen LogP contribution in [0.1, 0.15) is 12.6 Å². The Balaban J connectivity index is 2.50. The number of amides is 1. The second-order valence-electron chi connectivity index (χ2n) is 2.35. The molecule has 11 heavy (non-hydrogen) atoms. The third kappa shape index (κ3) is 2.07. The summed E-state index contributed by atoms with van der Waals surface area (Å²) in [6, 6.07) is 0. The minimum absolute atomic E-state index is 0.0213. The van der Waals surface area contributed by atoms with Gasteiger partial charge in [-0.3, -0.25) is 4.79 Å². The zero-order valence-corrected chi connectivity index (χ0v) is 6.57.